The third-order valence-electron chi connectivity index (χ3n) is 2.73. The molecule has 0 aliphatic rings. The van der Waals surface area contributed by atoms with Crippen LogP contribution in [0.1, 0.15) is 10.5 Å². The first-order valence-corrected chi connectivity index (χ1v) is 5.14. The monoisotopic (exact) mass is 227 g/mol. The fraction of sp³-hybridized carbons (Fsp3) is 0. The molecule has 3 rings (SSSR count). The van der Waals surface area contributed by atoms with Gasteiger partial charge in [-0.15, -0.1) is 0 Å². The minimum absolute atomic E-state index is 0.188. The van der Waals surface area contributed by atoms with Gasteiger partial charge in [-0.25, -0.2) is 4.79 Å². The molecule has 0 radical (unpaired) electrons. The van der Waals surface area contributed by atoms with E-state index in [1.165, 1.54) is 6.26 Å². The first-order chi connectivity index (χ1) is 8.27. The fourth-order valence-electron chi connectivity index (χ4n) is 2.01. The number of carboxylic acids is 1. The molecule has 84 valence electrons. The lowest BCUT2D eigenvalue weighted by molar-refractivity contribution is 0.0692. The van der Waals surface area contributed by atoms with Crippen molar-refractivity contribution < 1.29 is 14.3 Å². The van der Waals surface area contributed by atoms with Gasteiger partial charge in [0.2, 0.25) is 0 Å². The molecular formula is C13H9NO3. The molecule has 4 nitrogen and oxygen atoms in total. The van der Waals surface area contributed by atoms with Crippen LogP contribution in [0.2, 0.25) is 0 Å². The van der Waals surface area contributed by atoms with Gasteiger partial charge in [0.05, 0.1) is 12.5 Å². The number of rotatable bonds is 2. The smallest absolute Gasteiger partial charge is 0.352 e. The van der Waals surface area contributed by atoms with Gasteiger partial charge in [-0.2, -0.15) is 0 Å². The van der Waals surface area contributed by atoms with Gasteiger partial charge in [0.1, 0.15) is 5.69 Å². The molecule has 17 heavy (non-hydrogen) atoms. The predicted molar refractivity (Wildman–Crippen MR) is 63.0 cm³/mol. The summed E-state index contributed by atoms with van der Waals surface area (Å²) >= 11 is 0. The van der Waals surface area contributed by atoms with Crippen molar-refractivity contribution in [2.75, 3.05) is 0 Å². The SMILES string of the molecule is O=C(O)c1[nH]c2ccccc2c1-c1ccoc1. The highest BCUT2D eigenvalue weighted by atomic mass is 16.4. The maximum absolute atomic E-state index is 11.2. The Balaban J connectivity index is 2.40. The van der Waals surface area contributed by atoms with Crippen LogP contribution in [0, 0.1) is 0 Å². The average molecular weight is 227 g/mol. The molecule has 4 heteroatoms. The molecule has 0 bridgehead atoms. The maximum Gasteiger partial charge on any atom is 0.352 e. The third kappa shape index (κ3) is 1.42. The second-order valence-electron chi connectivity index (χ2n) is 3.74. The largest absolute Gasteiger partial charge is 0.477 e. The van der Waals surface area contributed by atoms with Crippen LogP contribution in [-0.2, 0) is 0 Å². The van der Waals surface area contributed by atoms with E-state index in [0.29, 0.717) is 5.56 Å². The number of hydrogen-bond donors (Lipinski definition) is 2. The molecule has 0 fully saturated rings. The molecule has 1 aromatic carbocycles. The Kier molecular flexibility index (Phi) is 2.01. The number of carbonyl (C=O) groups is 1. The maximum atomic E-state index is 11.2. The summed E-state index contributed by atoms with van der Waals surface area (Å²) in [5.41, 5.74) is 2.43. The molecule has 0 amide bonds. The van der Waals surface area contributed by atoms with E-state index in [0.717, 1.165) is 16.5 Å². The summed E-state index contributed by atoms with van der Waals surface area (Å²) in [5.74, 6) is -0.975. The van der Waals surface area contributed by atoms with Crippen molar-refractivity contribution in [3.05, 3.63) is 48.6 Å². The van der Waals surface area contributed by atoms with Crippen LogP contribution in [0.3, 0.4) is 0 Å². The Morgan fingerprint density at radius 3 is 2.76 bits per heavy atom. The lowest BCUT2D eigenvalue weighted by Gasteiger charge is -1.96. The van der Waals surface area contributed by atoms with Crippen LogP contribution in [0.5, 0.6) is 0 Å². The molecule has 0 saturated carbocycles. The van der Waals surface area contributed by atoms with E-state index in [9.17, 15) is 9.90 Å². The summed E-state index contributed by atoms with van der Waals surface area (Å²) in [6, 6.07) is 9.24. The number of furan rings is 1. The molecule has 2 aromatic heterocycles. The zero-order valence-electron chi connectivity index (χ0n) is 8.81. The van der Waals surface area contributed by atoms with Gasteiger partial charge in [-0.05, 0) is 12.1 Å². The summed E-state index contributed by atoms with van der Waals surface area (Å²) in [4.78, 5) is 14.1. The molecule has 0 saturated heterocycles. The number of H-pyrrole nitrogens is 1. The van der Waals surface area contributed by atoms with Crippen LogP contribution >= 0.6 is 0 Å². The number of nitrogens with one attached hydrogen (secondary N) is 1. The second kappa shape index (κ2) is 3.52. The van der Waals surface area contributed by atoms with Crippen LogP contribution < -0.4 is 0 Å². The van der Waals surface area contributed by atoms with Crippen LogP contribution in [0.15, 0.2) is 47.3 Å². The van der Waals surface area contributed by atoms with E-state index in [1.54, 1.807) is 12.3 Å². The minimum Gasteiger partial charge on any atom is -0.477 e. The number of benzene rings is 1. The quantitative estimate of drug-likeness (QED) is 0.706. The summed E-state index contributed by atoms with van der Waals surface area (Å²) in [5, 5.41) is 10.1. The van der Waals surface area contributed by atoms with E-state index in [4.69, 9.17) is 4.42 Å². The summed E-state index contributed by atoms with van der Waals surface area (Å²) < 4.78 is 5.02. The van der Waals surface area contributed by atoms with Crippen molar-refractivity contribution in [3.63, 3.8) is 0 Å². The molecule has 0 spiro atoms. The van der Waals surface area contributed by atoms with Gasteiger partial charge < -0.3 is 14.5 Å². The normalized spacial score (nSPS) is 10.8. The van der Waals surface area contributed by atoms with Crippen LogP contribution in [0.25, 0.3) is 22.0 Å². The highest BCUT2D eigenvalue weighted by Crippen LogP contribution is 2.32. The first kappa shape index (κ1) is 9.72. The van der Waals surface area contributed by atoms with Crippen molar-refractivity contribution in [2.45, 2.75) is 0 Å². The second-order valence-corrected chi connectivity index (χ2v) is 3.74. The topological polar surface area (TPSA) is 66.2 Å². The van der Waals surface area contributed by atoms with Crippen molar-refractivity contribution in [2.24, 2.45) is 0 Å². The van der Waals surface area contributed by atoms with E-state index in [-0.39, 0.29) is 5.69 Å². The van der Waals surface area contributed by atoms with Gasteiger partial charge in [0.15, 0.2) is 0 Å². The fourth-order valence-corrected chi connectivity index (χ4v) is 2.01. The molecular weight excluding hydrogens is 218 g/mol. The number of hydrogen-bond acceptors (Lipinski definition) is 2. The lowest BCUT2D eigenvalue weighted by Crippen LogP contribution is -1.98. The van der Waals surface area contributed by atoms with Gasteiger partial charge in [-0.1, -0.05) is 18.2 Å². The Hall–Kier alpha value is -2.49. The summed E-state index contributed by atoms with van der Waals surface area (Å²) in [6.07, 6.45) is 3.07. The van der Waals surface area contributed by atoms with Crippen LogP contribution in [0.4, 0.5) is 0 Å². The summed E-state index contributed by atoms with van der Waals surface area (Å²) in [7, 11) is 0. The number of carboxylic acid groups (broad SMARTS) is 1. The van der Waals surface area contributed by atoms with Crippen molar-refractivity contribution >= 4 is 16.9 Å². The highest BCUT2D eigenvalue weighted by molar-refractivity contribution is 6.07. The minimum atomic E-state index is -0.975. The Labute approximate surface area is 96.5 Å². The van der Waals surface area contributed by atoms with Crippen molar-refractivity contribution in [1.82, 2.24) is 4.98 Å². The molecule has 2 N–H and O–H groups in total. The Bertz CT molecular complexity index is 680. The van der Waals surface area contributed by atoms with Gasteiger partial charge in [0.25, 0.3) is 0 Å². The lowest BCUT2D eigenvalue weighted by atomic mass is 10.1. The van der Waals surface area contributed by atoms with Gasteiger partial charge >= 0.3 is 5.97 Å². The molecule has 2 heterocycles. The molecule has 0 atom stereocenters. The Morgan fingerprint density at radius 2 is 2.06 bits per heavy atom. The Morgan fingerprint density at radius 1 is 1.24 bits per heavy atom. The number of fused-ring (bicyclic) bond motifs is 1. The molecule has 0 aliphatic heterocycles. The number of aromatic carboxylic acids is 1. The average Bonchev–Trinajstić information content (AvgIpc) is 2.94. The molecule has 3 aromatic rings. The number of aromatic nitrogens is 1. The highest BCUT2D eigenvalue weighted by Gasteiger charge is 2.18. The standard InChI is InChI=1S/C13H9NO3/c15-13(16)12-11(8-5-6-17-7-8)9-3-1-2-4-10(9)14-12/h1-7,14H,(H,15,16). The van der Waals surface area contributed by atoms with Crippen molar-refractivity contribution in [1.29, 1.82) is 0 Å². The number of aromatic amines is 1. The van der Waals surface area contributed by atoms with Crippen LogP contribution in [-0.4, -0.2) is 16.1 Å². The summed E-state index contributed by atoms with van der Waals surface area (Å²) in [6.45, 7) is 0. The van der Waals surface area contributed by atoms with E-state index < -0.39 is 5.97 Å². The zero-order chi connectivity index (χ0) is 11.8. The first-order valence-electron chi connectivity index (χ1n) is 5.14. The number of para-hydroxylation sites is 1. The predicted octanol–water partition coefficient (Wildman–Crippen LogP) is 3.13. The van der Waals surface area contributed by atoms with E-state index in [1.807, 2.05) is 24.3 Å². The van der Waals surface area contributed by atoms with Gasteiger partial charge in [-0.3, -0.25) is 0 Å². The van der Waals surface area contributed by atoms with E-state index in [2.05, 4.69) is 4.98 Å². The molecule has 0 aliphatic carbocycles. The van der Waals surface area contributed by atoms with Gasteiger partial charge in [0, 0.05) is 22.0 Å². The third-order valence-corrected chi connectivity index (χ3v) is 2.73. The zero-order valence-corrected chi connectivity index (χ0v) is 8.81. The van der Waals surface area contributed by atoms with Crippen molar-refractivity contribution in [3.8, 4) is 11.1 Å². The molecule has 0 unspecified atom stereocenters. The van der Waals surface area contributed by atoms with E-state index >= 15 is 0 Å².